The highest BCUT2D eigenvalue weighted by Crippen LogP contribution is 2.23. The summed E-state index contributed by atoms with van der Waals surface area (Å²) in [4.78, 5) is 14.9. The molecule has 1 unspecified atom stereocenters. The van der Waals surface area contributed by atoms with Crippen molar-refractivity contribution in [2.75, 3.05) is 13.1 Å². The zero-order chi connectivity index (χ0) is 12.6. The number of benzene rings is 1. The van der Waals surface area contributed by atoms with E-state index in [0.717, 1.165) is 36.2 Å². The van der Waals surface area contributed by atoms with Crippen LogP contribution in [0.15, 0.2) is 12.1 Å². The van der Waals surface area contributed by atoms with E-state index in [1.807, 2.05) is 18.7 Å². The number of carbonyl (C=O) groups is 1. The molecule has 1 aliphatic heterocycles. The SMILES string of the molecule is Cc1cc(C)c(C(=O)N2CCC(Br)C2)c(C)c1. The van der Waals surface area contributed by atoms with Crippen LogP contribution in [0.4, 0.5) is 0 Å². The summed E-state index contributed by atoms with van der Waals surface area (Å²) in [6.07, 6.45) is 1.05. The molecule has 0 saturated carbocycles. The van der Waals surface area contributed by atoms with Crippen LogP contribution in [-0.4, -0.2) is 28.7 Å². The Labute approximate surface area is 111 Å². The number of nitrogens with zero attached hydrogens (tertiary/aromatic N) is 1. The van der Waals surface area contributed by atoms with Gasteiger partial charge in [0, 0.05) is 23.5 Å². The Hall–Kier alpha value is -0.830. The minimum Gasteiger partial charge on any atom is -0.337 e. The maximum absolute atomic E-state index is 12.5. The van der Waals surface area contributed by atoms with Gasteiger partial charge in [-0.05, 0) is 38.3 Å². The molecule has 3 heteroatoms. The Kier molecular flexibility index (Phi) is 3.57. The summed E-state index contributed by atoms with van der Waals surface area (Å²) in [5.74, 6) is 0.182. The van der Waals surface area contributed by atoms with Crippen LogP contribution in [0.2, 0.25) is 0 Å². The lowest BCUT2D eigenvalue weighted by molar-refractivity contribution is 0.0792. The molecule has 1 saturated heterocycles. The molecular formula is C14H18BrNO. The topological polar surface area (TPSA) is 20.3 Å². The Morgan fingerprint density at radius 3 is 2.35 bits per heavy atom. The van der Waals surface area contributed by atoms with E-state index in [1.165, 1.54) is 5.56 Å². The fraction of sp³-hybridized carbons (Fsp3) is 0.500. The number of rotatable bonds is 1. The van der Waals surface area contributed by atoms with Crippen LogP contribution in [0.1, 0.15) is 33.5 Å². The minimum atomic E-state index is 0.182. The van der Waals surface area contributed by atoms with Crippen molar-refractivity contribution in [2.24, 2.45) is 0 Å². The van der Waals surface area contributed by atoms with Crippen LogP contribution in [-0.2, 0) is 0 Å². The molecule has 0 N–H and O–H groups in total. The lowest BCUT2D eigenvalue weighted by atomic mass is 9.99. The van der Waals surface area contributed by atoms with E-state index in [2.05, 4.69) is 35.0 Å². The van der Waals surface area contributed by atoms with E-state index >= 15 is 0 Å². The summed E-state index contributed by atoms with van der Waals surface area (Å²) in [6.45, 7) is 7.80. The van der Waals surface area contributed by atoms with E-state index < -0.39 is 0 Å². The number of amides is 1. The molecular weight excluding hydrogens is 278 g/mol. The average molecular weight is 296 g/mol. The third-order valence-corrected chi connectivity index (χ3v) is 4.06. The number of hydrogen-bond acceptors (Lipinski definition) is 1. The van der Waals surface area contributed by atoms with Gasteiger partial charge in [-0.1, -0.05) is 33.6 Å². The van der Waals surface area contributed by atoms with Crippen molar-refractivity contribution in [1.29, 1.82) is 0 Å². The summed E-state index contributed by atoms with van der Waals surface area (Å²) in [5, 5.41) is 0. The molecule has 17 heavy (non-hydrogen) atoms. The highest BCUT2D eigenvalue weighted by molar-refractivity contribution is 9.09. The first-order valence-electron chi connectivity index (χ1n) is 6.00. The predicted molar refractivity (Wildman–Crippen MR) is 73.9 cm³/mol. The molecule has 2 rings (SSSR count). The number of aryl methyl sites for hydroxylation is 3. The highest BCUT2D eigenvalue weighted by Gasteiger charge is 2.26. The van der Waals surface area contributed by atoms with Gasteiger partial charge in [0.25, 0.3) is 5.91 Å². The fourth-order valence-electron chi connectivity index (χ4n) is 2.58. The summed E-state index contributed by atoms with van der Waals surface area (Å²) < 4.78 is 0. The molecule has 1 aromatic rings. The average Bonchev–Trinajstić information content (AvgIpc) is 2.63. The molecule has 0 radical (unpaired) electrons. The predicted octanol–water partition coefficient (Wildman–Crippen LogP) is 3.22. The molecule has 2 nitrogen and oxygen atoms in total. The van der Waals surface area contributed by atoms with Crippen molar-refractivity contribution in [3.05, 3.63) is 34.4 Å². The minimum absolute atomic E-state index is 0.182. The van der Waals surface area contributed by atoms with Gasteiger partial charge < -0.3 is 4.90 Å². The van der Waals surface area contributed by atoms with Crippen LogP contribution in [0.3, 0.4) is 0 Å². The molecule has 1 aromatic carbocycles. The van der Waals surface area contributed by atoms with E-state index in [9.17, 15) is 4.79 Å². The fourth-order valence-corrected chi connectivity index (χ4v) is 3.13. The zero-order valence-electron chi connectivity index (χ0n) is 10.6. The van der Waals surface area contributed by atoms with Gasteiger partial charge in [-0.2, -0.15) is 0 Å². The lowest BCUT2D eigenvalue weighted by Gasteiger charge is -2.19. The number of alkyl halides is 1. The van der Waals surface area contributed by atoms with Crippen molar-refractivity contribution in [3.63, 3.8) is 0 Å². The number of likely N-dealkylation sites (tertiary alicyclic amines) is 1. The van der Waals surface area contributed by atoms with Gasteiger partial charge >= 0.3 is 0 Å². The molecule has 0 bridgehead atoms. The maximum atomic E-state index is 12.5. The van der Waals surface area contributed by atoms with Crippen LogP contribution < -0.4 is 0 Å². The number of hydrogen-bond donors (Lipinski definition) is 0. The van der Waals surface area contributed by atoms with Crippen LogP contribution in [0.5, 0.6) is 0 Å². The van der Waals surface area contributed by atoms with Gasteiger partial charge in [0.05, 0.1) is 0 Å². The highest BCUT2D eigenvalue weighted by atomic mass is 79.9. The van der Waals surface area contributed by atoms with E-state index in [1.54, 1.807) is 0 Å². The Morgan fingerprint density at radius 1 is 1.29 bits per heavy atom. The molecule has 1 fully saturated rings. The molecule has 0 aromatic heterocycles. The summed E-state index contributed by atoms with van der Waals surface area (Å²) in [5.41, 5.74) is 4.28. The maximum Gasteiger partial charge on any atom is 0.254 e. The van der Waals surface area contributed by atoms with Crippen molar-refractivity contribution in [1.82, 2.24) is 4.90 Å². The monoisotopic (exact) mass is 295 g/mol. The first-order chi connectivity index (χ1) is 7.99. The summed E-state index contributed by atoms with van der Waals surface area (Å²) >= 11 is 3.57. The van der Waals surface area contributed by atoms with E-state index in [-0.39, 0.29) is 5.91 Å². The van der Waals surface area contributed by atoms with Crippen LogP contribution >= 0.6 is 15.9 Å². The van der Waals surface area contributed by atoms with Crippen molar-refractivity contribution in [2.45, 2.75) is 32.0 Å². The van der Waals surface area contributed by atoms with Gasteiger partial charge in [0.15, 0.2) is 0 Å². The molecule has 1 heterocycles. The van der Waals surface area contributed by atoms with Gasteiger partial charge in [0.1, 0.15) is 0 Å². The van der Waals surface area contributed by atoms with Gasteiger partial charge in [-0.15, -0.1) is 0 Å². The quantitative estimate of drug-likeness (QED) is 0.729. The van der Waals surface area contributed by atoms with E-state index in [0.29, 0.717) is 4.83 Å². The molecule has 1 aliphatic rings. The van der Waals surface area contributed by atoms with Crippen molar-refractivity contribution >= 4 is 21.8 Å². The molecule has 0 aliphatic carbocycles. The molecule has 92 valence electrons. The second kappa shape index (κ2) is 4.81. The largest absolute Gasteiger partial charge is 0.337 e. The number of carbonyl (C=O) groups excluding carboxylic acids is 1. The van der Waals surface area contributed by atoms with Crippen molar-refractivity contribution in [3.8, 4) is 0 Å². The van der Waals surface area contributed by atoms with Gasteiger partial charge in [0.2, 0.25) is 0 Å². The first kappa shape index (κ1) is 12.6. The Morgan fingerprint density at radius 2 is 1.88 bits per heavy atom. The standard InChI is InChI=1S/C14H18BrNO/c1-9-6-10(2)13(11(3)7-9)14(17)16-5-4-12(15)8-16/h6-7,12H,4-5,8H2,1-3H3. The van der Waals surface area contributed by atoms with Crippen LogP contribution in [0, 0.1) is 20.8 Å². The second-order valence-corrected chi connectivity index (χ2v) is 6.21. The smallest absolute Gasteiger partial charge is 0.254 e. The van der Waals surface area contributed by atoms with Gasteiger partial charge in [-0.25, -0.2) is 0 Å². The summed E-state index contributed by atoms with van der Waals surface area (Å²) in [6, 6.07) is 4.17. The van der Waals surface area contributed by atoms with Crippen molar-refractivity contribution < 1.29 is 4.79 Å². The first-order valence-corrected chi connectivity index (χ1v) is 6.92. The summed E-state index contributed by atoms with van der Waals surface area (Å²) in [7, 11) is 0. The number of halogens is 1. The van der Waals surface area contributed by atoms with Crippen LogP contribution in [0.25, 0.3) is 0 Å². The third-order valence-electron chi connectivity index (χ3n) is 3.31. The lowest BCUT2D eigenvalue weighted by Crippen LogP contribution is -2.30. The van der Waals surface area contributed by atoms with E-state index in [4.69, 9.17) is 0 Å². The second-order valence-electron chi connectivity index (χ2n) is 4.91. The molecule has 1 atom stereocenters. The Balaban J connectivity index is 2.31. The zero-order valence-corrected chi connectivity index (χ0v) is 12.2. The van der Waals surface area contributed by atoms with Gasteiger partial charge in [-0.3, -0.25) is 4.79 Å². The molecule has 0 spiro atoms. The third kappa shape index (κ3) is 2.54. The molecule has 1 amide bonds. The normalized spacial score (nSPS) is 19.8. The Bertz CT molecular complexity index is 433.